The molecule has 1 unspecified atom stereocenters. The molecule has 1 fully saturated rings. The number of rotatable bonds is 14. The van der Waals surface area contributed by atoms with Crippen molar-refractivity contribution in [2.24, 2.45) is 0 Å². The van der Waals surface area contributed by atoms with Crippen molar-refractivity contribution in [1.29, 1.82) is 0 Å². The van der Waals surface area contributed by atoms with Gasteiger partial charge in [-0.25, -0.2) is 8.42 Å². The number of nitrogens with one attached hydrogen (secondary N) is 1. The lowest BCUT2D eigenvalue weighted by molar-refractivity contribution is -0.140. The first-order chi connectivity index (χ1) is 23.7. The molecule has 0 radical (unpaired) electrons. The van der Waals surface area contributed by atoms with E-state index in [1.54, 1.807) is 42.5 Å². The van der Waals surface area contributed by atoms with Crippen molar-refractivity contribution >= 4 is 50.7 Å². The van der Waals surface area contributed by atoms with E-state index in [0.29, 0.717) is 28.0 Å². The van der Waals surface area contributed by atoms with Gasteiger partial charge in [-0.05, 0) is 85.5 Å². The second-order valence-electron chi connectivity index (χ2n) is 12.1. The first-order valence-electron chi connectivity index (χ1n) is 16.5. The minimum absolute atomic E-state index is 0.00224. The number of halogens is 2. The maximum Gasteiger partial charge on any atom is 0.264 e. The number of hydrogen-bond acceptors (Lipinski definition) is 5. The van der Waals surface area contributed by atoms with Crippen LogP contribution in [0.1, 0.15) is 50.2 Å². The monoisotopic (exact) mass is 721 g/mol. The topological polar surface area (TPSA) is 96.0 Å². The Balaban J connectivity index is 1.57. The van der Waals surface area contributed by atoms with E-state index in [2.05, 4.69) is 5.32 Å². The summed E-state index contributed by atoms with van der Waals surface area (Å²) in [6.45, 7) is 1.71. The molecule has 0 saturated heterocycles. The van der Waals surface area contributed by atoms with Crippen LogP contribution in [0, 0.1) is 0 Å². The smallest absolute Gasteiger partial charge is 0.264 e. The molecule has 1 N–H and O–H groups in total. The Morgan fingerprint density at radius 2 is 1.51 bits per heavy atom. The molecule has 0 aromatic heterocycles. The van der Waals surface area contributed by atoms with E-state index >= 15 is 0 Å². The van der Waals surface area contributed by atoms with Gasteiger partial charge < -0.3 is 15.0 Å². The molecule has 1 saturated carbocycles. The van der Waals surface area contributed by atoms with Crippen molar-refractivity contribution in [1.82, 2.24) is 10.2 Å². The Hall–Kier alpha value is -4.05. The third kappa shape index (κ3) is 9.56. The lowest BCUT2D eigenvalue weighted by Crippen LogP contribution is -2.55. The third-order valence-electron chi connectivity index (χ3n) is 8.64. The molecule has 11 heteroatoms. The number of nitrogens with zero attached hydrogens (tertiary/aromatic N) is 2. The lowest BCUT2D eigenvalue weighted by Gasteiger charge is -2.35. The summed E-state index contributed by atoms with van der Waals surface area (Å²) in [4.78, 5) is 30.4. The zero-order valence-electron chi connectivity index (χ0n) is 27.4. The fourth-order valence-corrected chi connectivity index (χ4v) is 7.78. The van der Waals surface area contributed by atoms with Crippen molar-refractivity contribution in [2.75, 3.05) is 17.5 Å². The highest BCUT2D eigenvalue weighted by atomic mass is 35.5. The van der Waals surface area contributed by atoms with Gasteiger partial charge in [0.2, 0.25) is 11.8 Å². The van der Waals surface area contributed by atoms with Gasteiger partial charge in [0.15, 0.2) is 0 Å². The molecule has 1 atom stereocenters. The fourth-order valence-electron chi connectivity index (χ4n) is 6.05. The van der Waals surface area contributed by atoms with E-state index in [1.807, 2.05) is 43.3 Å². The fraction of sp³-hybridized carbons (Fsp3) is 0.316. The van der Waals surface area contributed by atoms with Crippen molar-refractivity contribution in [3.05, 3.63) is 124 Å². The van der Waals surface area contributed by atoms with E-state index in [0.717, 1.165) is 42.0 Å². The number of benzene rings is 4. The summed E-state index contributed by atoms with van der Waals surface area (Å²) in [5.74, 6) is -0.292. The number of hydrogen-bond donors (Lipinski definition) is 1. The van der Waals surface area contributed by atoms with Crippen LogP contribution >= 0.6 is 23.2 Å². The molecular formula is C38H41Cl2N3O5S. The summed E-state index contributed by atoms with van der Waals surface area (Å²) in [5, 5.41) is 4.03. The predicted octanol–water partition coefficient (Wildman–Crippen LogP) is 7.68. The average Bonchev–Trinajstić information content (AvgIpc) is 3.11. The Morgan fingerprint density at radius 1 is 0.857 bits per heavy atom. The summed E-state index contributed by atoms with van der Waals surface area (Å²) in [5.41, 5.74) is 1.75. The van der Waals surface area contributed by atoms with E-state index in [-0.39, 0.29) is 35.5 Å². The van der Waals surface area contributed by atoms with Crippen LogP contribution in [-0.4, -0.2) is 50.4 Å². The highest BCUT2D eigenvalue weighted by Crippen LogP contribution is 2.28. The normalized spacial score (nSPS) is 14.1. The van der Waals surface area contributed by atoms with Gasteiger partial charge in [0.25, 0.3) is 10.0 Å². The largest absolute Gasteiger partial charge is 0.494 e. The number of carbonyl (C=O) groups is 2. The summed E-state index contributed by atoms with van der Waals surface area (Å²) in [6, 6.07) is 28.0. The molecular weight excluding hydrogens is 681 g/mol. The van der Waals surface area contributed by atoms with Gasteiger partial charge in [0.1, 0.15) is 18.3 Å². The maximum absolute atomic E-state index is 14.7. The van der Waals surface area contributed by atoms with Crippen molar-refractivity contribution < 1.29 is 22.7 Å². The lowest BCUT2D eigenvalue weighted by atomic mass is 9.94. The van der Waals surface area contributed by atoms with Crippen molar-refractivity contribution in [3.63, 3.8) is 0 Å². The van der Waals surface area contributed by atoms with Crippen LogP contribution in [0.5, 0.6) is 5.75 Å². The molecule has 258 valence electrons. The number of anilines is 1. The Morgan fingerprint density at radius 3 is 2.16 bits per heavy atom. The van der Waals surface area contributed by atoms with Crippen LogP contribution in [0.3, 0.4) is 0 Å². The molecule has 4 aromatic carbocycles. The second-order valence-corrected chi connectivity index (χ2v) is 14.8. The van der Waals surface area contributed by atoms with Gasteiger partial charge in [-0.1, -0.05) is 91.0 Å². The van der Waals surface area contributed by atoms with E-state index < -0.39 is 28.5 Å². The Kier molecular flexibility index (Phi) is 12.6. The van der Waals surface area contributed by atoms with E-state index in [4.69, 9.17) is 27.9 Å². The molecule has 8 nitrogen and oxygen atoms in total. The first-order valence-corrected chi connectivity index (χ1v) is 18.7. The minimum atomic E-state index is -4.27. The van der Waals surface area contributed by atoms with E-state index in [9.17, 15) is 18.0 Å². The molecule has 2 amide bonds. The Labute approximate surface area is 299 Å². The standard InChI is InChI=1S/C38H41Cl2N3O5S/c1-2-48-33-21-19-32(20-22-33)43(49(46,47)34-23-17-30(39)18-24-34)27-37(44)42(26-29-13-9-10-16-35(29)40)36(25-28-11-5-3-6-12-28)38(45)41-31-14-7-4-8-15-31/h3,5-6,9-13,16-24,31,36H,2,4,7-8,14-15,25-27H2,1H3,(H,41,45). The molecule has 4 aromatic rings. The summed E-state index contributed by atoms with van der Waals surface area (Å²) in [7, 11) is -4.27. The van der Waals surface area contributed by atoms with Crippen LogP contribution in [0.25, 0.3) is 0 Å². The maximum atomic E-state index is 14.7. The first kappa shape index (κ1) is 36.2. The molecule has 1 aliphatic rings. The molecule has 1 aliphatic carbocycles. The molecule has 5 rings (SSSR count). The van der Waals surface area contributed by atoms with Crippen LogP contribution in [0.2, 0.25) is 10.0 Å². The zero-order chi connectivity index (χ0) is 34.8. The highest BCUT2D eigenvalue weighted by Gasteiger charge is 2.35. The summed E-state index contributed by atoms with van der Waals surface area (Å²) < 4.78 is 35.2. The molecule has 49 heavy (non-hydrogen) atoms. The molecule has 0 bridgehead atoms. The number of sulfonamides is 1. The number of amides is 2. The molecule has 0 heterocycles. The quantitative estimate of drug-likeness (QED) is 0.144. The average molecular weight is 723 g/mol. The molecule has 0 aliphatic heterocycles. The van der Waals surface area contributed by atoms with E-state index in [1.165, 1.54) is 29.2 Å². The zero-order valence-corrected chi connectivity index (χ0v) is 29.8. The van der Waals surface area contributed by atoms with Crippen molar-refractivity contribution in [2.45, 2.75) is 69.0 Å². The van der Waals surface area contributed by atoms with Crippen LogP contribution < -0.4 is 14.4 Å². The summed E-state index contributed by atoms with van der Waals surface area (Å²) in [6.07, 6.45) is 5.13. The SMILES string of the molecule is CCOc1ccc(N(CC(=O)N(Cc2ccccc2Cl)C(Cc2ccccc2)C(=O)NC2CCCCC2)S(=O)(=O)c2ccc(Cl)cc2)cc1. The van der Waals surface area contributed by atoms with Gasteiger partial charge in [-0.3, -0.25) is 13.9 Å². The predicted molar refractivity (Wildman–Crippen MR) is 195 cm³/mol. The van der Waals surface area contributed by atoms with Gasteiger partial charge in [0.05, 0.1) is 17.2 Å². The highest BCUT2D eigenvalue weighted by molar-refractivity contribution is 7.92. The van der Waals surface area contributed by atoms with Gasteiger partial charge >= 0.3 is 0 Å². The van der Waals surface area contributed by atoms with Crippen LogP contribution in [0.15, 0.2) is 108 Å². The van der Waals surface area contributed by atoms with Gasteiger partial charge in [0, 0.05) is 29.1 Å². The van der Waals surface area contributed by atoms with Gasteiger partial charge in [-0.15, -0.1) is 0 Å². The summed E-state index contributed by atoms with van der Waals surface area (Å²) >= 11 is 12.7. The third-order valence-corrected chi connectivity index (χ3v) is 11.0. The number of ether oxygens (including phenoxy) is 1. The van der Waals surface area contributed by atoms with Gasteiger partial charge in [-0.2, -0.15) is 0 Å². The molecule has 0 spiro atoms. The van der Waals surface area contributed by atoms with Crippen LogP contribution in [-0.2, 0) is 32.6 Å². The second kappa shape index (κ2) is 17.1. The Bertz CT molecular complexity index is 1800. The van der Waals surface area contributed by atoms with Crippen molar-refractivity contribution in [3.8, 4) is 5.75 Å². The number of carbonyl (C=O) groups excluding carboxylic acids is 2. The van der Waals surface area contributed by atoms with Crippen LogP contribution in [0.4, 0.5) is 5.69 Å². The minimum Gasteiger partial charge on any atom is -0.494 e.